The second-order valence-corrected chi connectivity index (χ2v) is 7.29. The Kier molecular flexibility index (Phi) is 6.36. The molecule has 0 spiro atoms. The van der Waals surface area contributed by atoms with E-state index in [1.807, 2.05) is 30.3 Å². The molecule has 0 aromatic heterocycles. The Labute approximate surface area is 153 Å². The Hall–Kier alpha value is -1.98. The quantitative estimate of drug-likeness (QED) is 0.774. The number of nitrogens with one attached hydrogen (secondary N) is 1. The summed E-state index contributed by atoms with van der Waals surface area (Å²) in [5.41, 5.74) is 1.32. The molecule has 1 amide bonds. The normalized spacial score (nSPS) is 17.4. The van der Waals surface area contributed by atoms with Crippen LogP contribution in [0.5, 0.6) is 5.75 Å². The molecule has 0 saturated carbocycles. The van der Waals surface area contributed by atoms with Gasteiger partial charge in [0.2, 0.25) is 5.91 Å². The van der Waals surface area contributed by atoms with E-state index in [9.17, 15) is 4.79 Å². The molecular weight excluding hydrogens is 332 g/mol. The van der Waals surface area contributed by atoms with Crippen LogP contribution in [0.1, 0.15) is 12.0 Å². The topological polar surface area (TPSA) is 41.6 Å². The van der Waals surface area contributed by atoms with Crippen LogP contribution in [0, 0.1) is 0 Å². The molecule has 132 valence electrons. The number of carbonyl (C=O) groups is 1. The summed E-state index contributed by atoms with van der Waals surface area (Å²) < 4.78 is 5.21. The second-order valence-electron chi connectivity index (χ2n) is 6.24. The maximum atomic E-state index is 12.2. The summed E-state index contributed by atoms with van der Waals surface area (Å²) in [6.07, 6.45) is 1.02. The van der Waals surface area contributed by atoms with Gasteiger partial charge in [-0.2, -0.15) is 0 Å². The number of hydrogen-bond donors (Lipinski definition) is 1. The largest absolute Gasteiger partial charge is 0.497 e. The SMILES string of the molecule is COc1cccc(SCC(=O)N[C@@H]2CCN(Cc3ccccc3)C2)c1. The summed E-state index contributed by atoms with van der Waals surface area (Å²) in [5.74, 6) is 1.35. The van der Waals surface area contributed by atoms with Gasteiger partial charge in [-0.25, -0.2) is 0 Å². The number of rotatable bonds is 7. The summed E-state index contributed by atoms with van der Waals surface area (Å²) in [6.45, 7) is 2.90. The molecule has 2 aromatic rings. The van der Waals surface area contributed by atoms with Crippen molar-refractivity contribution < 1.29 is 9.53 Å². The molecule has 1 heterocycles. The predicted molar refractivity (Wildman–Crippen MR) is 102 cm³/mol. The standard InChI is InChI=1S/C20H24N2O2S/c1-24-18-8-5-9-19(12-18)25-15-20(23)21-17-10-11-22(14-17)13-16-6-3-2-4-7-16/h2-9,12,17H,10-11,13-15H2,1H3,(H,21,23)/t17-/m1/s1. The maximum absolute atomic E-state index is 12.2. The molecule has 0 unspecified atom stereocenters. The van der Waals surface area contributed by atoms with Gasteiger partial charge in [-0.1, -0.05) is 36.4 Å². The molecule has 1 aliphatic rings. The molecule has 0 aliphatic carbocycles. The molecule has 1 N–H and O–H groups in total. The van der Waals surface area contributed by atoms with Crippen molar-refractivity contribution in [1.29, 1.82) is 0 Å². The lowest BCUT2D eigenvalue weighted by atomic mass is 10.2. The fourth-order valence-corrected chi connectivity index (χ4v) is 3.80. The van der Waals surface area contributed by atoms with Crippen LogP contribution in [0.25, 0.3) is 0 Å². The van der Waals surface area contributed by atoms with Crippen LogP contribution in [0.4, 0.5) is 0 Å². The lowest BCUT2D eigenvalue weighted by Gasteiger charge is -2.16. The first-order chi connectivity index (χ1) is 12.2. The van der Waals surface area contributed by atoms with Gasteiger partial charge in [0.05, 0.1) is 12.9 Å². The highest BCUT2D eigenvalue weighted by atomic mass is 32.2. The number of methoxy groups -OCH3 is 1. The Morgan fingerprint density at radius 1 is 1.24 bits per heavy atom. The fourth-order valence-electron chi connectivity index (χ4n) is 3.04. The van der Waals surface area contributed by atoms with Gasteiger partial charge in [-0.3, -0.25) is 9.69 Å². The third-order valence-corrected chi connectivity index (χ3v) is 5.29. The number of likely N-dealkylation sites (tertiary alicyclic amines) is 1. The van der Waals surface area contributed by atoms with Gasteiger partial charge in [0, 0.05) is 30.6 Å². The highest BCUT2D eigenvalue weighted by Crippen LogP contribution is 2.22. The second kappa shape index (κ2) is 8.92. The number of ether oxygens (including phenoxy) is 1. The van der Waals surface area contributed by atoms with Crippen LogP contribution < -0.4 is 10.1 Å². The molecule has 1 aliphatic heterocycles. The summed E-state index contributed by atoms with van der Waals surface area (Å²) in [5, 5.41) is 3.16. The van der Waals surface area contributed by atoms with E-state index in [0.717, 1.165) is 36.7 Å². The van der Waals surface area contributed by atoms with Gasteiger partial charge < -0.3 is 10.1 Å². The summed E-state index contributed by atoms with van der Waals surface area (Å²) in [4.78, 5) is 15.7. The van der Waals surface area contributed by atoms with Crippen LogP contribution in [0.2, 0.25) is 0 Å². The van der Waals surface area contributed by atoms with Crippen molar-refractivity contribution in [1.82, 2.24) is 10.2 Å². The molecule has 1 fully saturated rings. The number of nitrogens with zero attached hydrogens (tertiary/aromatic N) is 1. The molecule has 0 bridgehead atoms. The Morgan fingerprint density at radius 2 is 2.08 bits per heavy atom. The minimum absolute atomic E-state index is 0.0966. The highest BCUT2D eigenvalue weighted by Gasteiger charge is 2.23. The summed E-state index contributed by atoms with van der Waals surface area (Å²) >= 11 is 1.54. The van der Waals surface area contributed by atoms with E-state index in [1.165, 1.54) is 17.3 Å². The van der Waals surface area contributed by atoms with Crippen molar-refractivity contribution in [3.63, 3.8) is 0 Å². The van der Waals surface area contributed by atoms with Crippen LogP contribution in [0.15, 0.2) is 59.5 Å². The van der Waals surface area contributed by atoms with Gasteiger partial charge in [0.1, 0.15) is 5.75 Å². The Bertz CT molecular complexity index is 693. The first kappa shape index (κ1) is 17.8. The van der Waals surface area contributed by atoms with Crippen LogP contribution >= 0.6 is 11.8 Å². The van der Waals surface area contributed by atoms with Crippen LogP contribution in [-0.4, -0.2) is 42.8 Å². The van der Waals surface area contributed by atoms with Crippen molar-refractivity contribution >= 4 is 17.7 Å². The Morgan fingerprint density at radius 3 is 2.88 bits per heavy atom. The van der Waals surface area contributed by atoms with Crippen molar-refractivity contribution in [2.45, 2.75) is 23.9 Å². The molecule has 3 rings (SSSR count). The third kappa shape index (κ3) is 5.51. The number of carbonyl (C=O) groups excluding carboxylic acids is 1. The van der Waals surface area contributed by atoms with E-state index in [2.05, 4.69) is 34.5 Å². The van der Waals surface area contributed by atoms with E-state index in [0.29, 0.717) is 5.75 Å². The monoisotopic (exact) mass is 356 g/mol. The number of hydrogen-bond acceptors (Lipinski definition) is 4. The van der Waals surface area contributed by atoms with Crippen LogP contribution in [-0.2, 0) is 11.3 Å². The van der Waals surface area contributed by atoms with Gasteiger partial charge in [0.25, 0.3) is 0 Å². The molecule has 0 radical (unpaired) electrons. The maximum Gasteiger partial charge on any atom is 0.230 e. The average molecular weight is 356 g/mol. The van der Waals surface area contributed by atoms with E-state index in [1.54, 1.807) is 7.11 Å². The Balaban J connectivity index is 1.41. The molecule has 1 saturated heterocycles. The van der Waals surface area contributed by atoms with E-state index >= 15 is 0 Å². The van der Waals surface area contributed by atoms with Gasteiger partial charge >= 0.3 is 0 Å². The van der Waals surface area contributed by atoms with Gasteiger partial charge in [-0.05, 0) is 30.2 Å². The van der Waals surface area contributed by atoms with E-state index in [-0.39, 0.29) is 11.9 Å². The van der Waals surface area contributed by atoms with Crippen LogP contribution in [0.3, 0.4) is 0 Å². The number of amides is 1. The molecule has 25 heavy (non-hydrogen) atoms. The summed E-state index contributed by atoms with van der Waals surface area (Å²) in [7, 11) is 1.65. The van der Waals surface area contributed by atoms with Crippen molar-refractivity contribution in [3.05, 3.63) is 60.2 Å². The smallest absolute Gasteiger partial charge is 0.230 e. The lowest BCUT2D eigenvalue weighted by molar-refractivity contribution is -0.119. The first-order valence-corrected chi connectivity index (χ1v) is 9.54. The molecule has 1 atom stereocenters. The van der Waals surface area contributed by atoms with Crippen molar-refractivity contribution in [2.75, 3.05) is 26.0 Å². The highest BCUT2D eigenvalue weighted by molar-refractivity contribution is 8.00. The number of thioether (sulfide) groups is 1. The molecule has 5 heteroatoms. The van der Waals surface area contributed by atoms with Crippen molar-refractivity contribution in [3.8, 4) is 5.75 Å². The lowest BCUT2D eigenvalue weighted by Crippen LogP contribution is -2.37. The first-order valence-electron chi connectivity index (χ1n) is 8.55. The zero-order chi connectivity index (χ0) is 17.5. The fraction of sp³-hybridized carbons (Fsp3) is 0.350. The van der Waals surface area contributed by atoms with E-state index in [4.69, 9.17) is 4.74 Å². The van der Waals surface area contributed by atoms with Crippen molar-refractivity contribution in [2.24, 2.45) is 0 Å². The third-order valence-electron chi connectivity index (χ3n) is 4.30. The minimum atomic E-state index is 0.0966. The zero-order valence-electron chi connectivity index (χ0n) is 14.5. The number of benzene rings is 2. The molecule has 4 nitrogen and oxygen atoms in total. The zero-order valence-corrected chi connectivity index (χ0v) is 15.3. The minimum Gasteiger partial charge on any atom is -0.497 e. The predicted octanol–water partition coefficient (Wildman–Crippen LogP) is 3.18. The average Bonchev–Trinajstić information content (AvgIpc) is 3.08. The molecular formula is C20H24N2O2S. The van der Waals surface area contributed by atoms with E-state index < -0.39 is 0 Å². The van der Waals surface area contributed by atoms with Gasteiger partial charge in [-0.15, -0.1) is 11.8 Å². The summed E-state index contributed by atoms with van der Waals surface area (Å²) in [6, 6.07) is 18.5. The molecule has 2 aromatic carbocycles. The van der Waals surface area contributed by atoms with Gasteiger partial charge in [0.15, 0.2) is 0 Å².